The summed E-state index contributed by atoms with van der Waals surface area (Å²) in [6, 6.07) is 12.4. The van der Waals surface area contributed by atoms with Crippen LogP contribution in [0.3, 0.4) is 0 Å². The van der Waals surface area contributed by atoms with Gasteiger partial charge in [-0.1, -0.05) is 30.0 Å². The molecule has 0 amide bonds. The molecule has 0 spiro atoms. The van der Waals surface area contributed by atoms with Gasteiger partial charge >= 0.3 is 0 Å². The van der Waals surface area contributed by atoms with Crippen molar-refractivity contribution in [1.29, 1.82) is 0 Å². The quantitative estimate of drug-likeness (QED) is 0.880. The molecule has 4 heteroatoms. The van der Waals surface area contributed by atoms with Crippen molar-refractivity contribution in [3.63, 3.8) is 0 Å². The lowest BCUT2D eigenvalue weighted by Gasteiger charge is -2.19. The van der Waals surface area contributed by atoms with Crippen LogP contribution in [-0.2, 0) is 0 Å². The van der Waals surface area contributed by atoms with E-state index in [2.05, 4.69) is 40.0 Å². The van der Waals surface area contributed by atoms with Crippen LogP contribution in [0, 0.1) is 0 Å². The minimum Gasteiger partial charge on any atom is -0.358 e. The second kappa shape index (κ2) is 4.72. The van der Waals surface area contributed by atoms with Crippen molar-refractivity contribution < 1.29 is 0 Å². The van der Waals surface area contributed by atoms with Gasteiger partial charge in [-0.3, -0.25) is 4.98 Å². The van der Waals surface area contributed by atoms with Crippen LogP contribution in [-0.4, -0.2) is 9.98 Å². The first-order valence-electron chi connectivity index (χ1n) is 6.10. The highest BCUT2D eigenvalue weighted by Crippen LogP contribution is 2.32. The van der Waals surface area contributed by atoms with E-state index in [1.807, 2.05) is 31.5 Å². The molecule has 0 saturated heterocycles. The van der Waals surface area contributed by atoms with Crippen LogP contribution < -0.4 is 11.1 Å². The number of hydrogen-bond donors (Lipinski definition) is 2. The predicted octanol–water partition coefficient (Wildman–Crippen LogP) is 3.02. The minimum absolute atomic E-state index is 0.415. The smallest absolute Gasteiger partial charge is 0.135 e. The van der Waals surface area contributed by atoms with Crippen molar-refractivity contribution in [2.24, 2.45) is 5.73 Å². The third-order valence-electron chi connectivity index (χ3n) is 2.99. The summed E-state index contributed by atoms with van der Waals surface area (Å²) in [5, 5.41) is 5.39. The maximum atomic E-state index is 6.05. The Morgan fingerprint density at radius 2 is 1.84 bits per heavy atom. The molecule has 1 unspecified atom stereocenters. The lowest BCUT2D eigenvalue weighted by molar-refractivity contribution is 0.631. The SMILES string of the molecule is CC1(N)NC(c2cccc(-c3ccncc3)c2)=CS1. The molecule has 3 N–H and O–H groups in total. The van der Waals surface area contributed by atoms with Crippen molar-refractivity contribution >= 4 is 17.5 Å². The van der Waals surface area contributed by atoms with Crippen LogP contribution >= 0.6 is 11.8 Å². The molecule has 1 aromatic heterocycles. The summed E-state index contributed by atoms with van der Waals surface area (Å²) in [4.78, 5) is 3.63. The molecule has 0 saturated carbocycles. The number of hydrogen-bond acceptors (Lipinski definition) is 4. The van der Waals surface area contributed by atoms with Crippen molar-refractivity contribution in [2.75, 3.05) is 0 Å². The second-order valence-corrected chi connectivity index (χ2v) is 6.02. The van der Waals surface area contributed by atoms with Crippen molar-refractivity contribution in [3.05, 3.63) is 59.8 Å². The number of nitrogens with two attached hydrogens (primary N) is 1. The lowest BCUT2D eigenvalue weighted by atomic mass is 10.0. The Morgan fingerprint density at radius 3 is 2.53 bits per heavy atom. The van der Waals surface area contributed by atoms with Gasteiger partial charge in [0.1, 0.15) is 4.99 Å². The summed E-state index contributed by atoms with van der Waals surface area (Å²) in [6.07, 6.45) is 3.61. The topological polar surface area (TPSA) is 50.9 Å². The van der Waals surface area contributed by atoms with Gasteiger partial charge in [-0.2, -0.15) is 0 Å². The zero-order valence-corrected chi connectivity index (χ0v) is 11.4. The van der Waals surface area contributed by atoms with Gasteiger partial charge in [0.15, 0.2) is 0 Å². The third kappa shape index (κ3) is 2.64. The molecule has 1 aliphatic heterocycles. The minimum atomic E-state index is -0.415. The molecule has 2 aromatic rings. The molecule has 3 rings (SSSR count). The van der Waals surface area contributed by atoms with Crippen LogP contribution in [0.25, 0.3) is 16.8 Å². The highest BCUT2D eigenvalue weighted by atomic mass is 32.2. The highest BCUT2D eigenvalue weighted by Gasteiger charge is 2.25. The fraction of sp³-hybridized carbons (Fsp3) is 0.133. The van der Waals surface area contributed by atoms with Crippen LogP contribution in [0.1, 0.15) is 12.5 Å². The standard InChI is InChI=1S/C15H15N3S/c1-15(16)18-14(10-19-15)13-4-2-3-12(9-13)11-5-7-17-8-6-11/h2-10,18H,16H2,1H3. The van der Waals surface area contributed by atoms with E-state index >= 15 is 0 Å². The molecule has 96 valence electrons. The first kappa shape index (κ1) is 12.3. The van der Waals surface area contributed by atoms with Gasteiger partial charge in [0.25, 0.3) is 0 Å². The number of thioether (sulfide) groups is 1. The van der Waals surface area contributed by atoms with Gasteiger partial charge in [-0.25, -0.2) is 0 Å². The molecular weight excluding hydrogens is 254 g/mol. The van der Waals surface area contributed by atoms with Crippen LogP contribution in [0.15, 0.2) is 54.2 Å². The average molecular weight is 269 g/mol. The van der Waals surface area contributed by atoms with Gasteiger partial charge < -0.3 is 11.1 Å². The Kier molecular flexibility index (Phi) is 3.05. The van der Waals surface area contributed by atoms with E-state index in [1.165, 1.54) is 11.1 Å². The summed E-state index contributed by atoms with van der Waals surface area (Å²) in [5.41, 5.74) is 10.6. The number of rotatable bonds is 2. The van der Waals surface area contributed by atoms with Gasteiger partial charge in [0.05, 0.1) is 0 Å². The molecule has 0 bridgehead atoms. The zero-order chi connectivity index (χ0) is 13.3. The highest BCUT2D eigenvalue weighted by molar-refractivity contribution is 8.03. The van der Waals surface area contributed by atoms with Gasteiger partial charge in [0, 0.05) is 18.1 Å². The Balaban J connectivity index is 1.94. The molecule has 19 heavy (non-hydrogen) atoms. The Hall–Kier alpha value is -1.78. The van der Waals surface area contributed by atoms with Crippen molar-refractivity contribution in [1.82, 2.24) is 10.3 Å². The number of nitrogens with zero attached hydrogens (tertiary/aromatic N) is 1. The largest absolute Gasteiger partial charge is 0.358 e. The fourth-order valence-electron chi connectivity index (χ4n) is 2.06. The summed E-state index contributed by atoms with van der Waals surface area (Å²) < 4.78 is 0. The zero-order valence-electron chi connectivity index (χ0n) is 10.6. The van der Waals surface area contributed by atoms with Gasteiger partial charge in [-0.15, -0.1) is 0 Å². The van der Waals surface area contributed by atoms with Gasteiger partial charge in [-0.05, 0) is 47.2 Å². The number of aromatic nitrogens is 1. The van der Waals surface area contributed by atoms with E-state index in [0.29, 0.717) is 0 Å². The van der Waals surface area contributed by atoms with E-state index in [4.69, 9.17) is 5.73 Å². The summed E-state index contributed by atoms with van der Waals surface area (Å²) >= 11 is 1.60. The molecule has 0 radical (unpaired) electrons. The maximum absolute atomic E-state index is 6.05. The average Bonchev–Trinajstić information content (AvgIpc) is 2.80. The van der Waals surface area contributed by atoms with E-state index in [9.17, 15) is 0 Å². The molecule has 0 fully saturated rings. The number of nitrogens with one attached hydrogen (secondary N) is 1. The van der Waals surface area contributed by atoms with E-state index < -0.39 is 4.99 Å². The molecule has 1 atom stereocenters. The van der Waals surface area contributed by atoms with Crippen LogP contribution in [0.5, 0.6) is 0 Å². The first-order chi connectivity index (χ1) is 9.14. The van der Waals surface area contributed by atoms with E-state index in [-0.39, 0.29) is 0 Å². The molecule has 1 aromatic carbocycles. The second-order valence-electron chi connectivity index (χ2n) is 4.70. The maximum Gasteiger partial charge on any atom is 0.135 e. The normalized spacial score (nSPS) is 21.9. The monoisotopic (exact) mass is 269 g/mol. The molecular formula is C15H15N3S. The molecule has 3 nitrogen and oxygen atoms in total. The Bertz CT molecular complexity index is 620. The third-order valence-corrected chi connectivity index (χ3v) is 3.94. The predicted molar refractivity (Wildman–Crippen MR) is 81.0 cm³/mol. The summed E-state index contributed by atoms with van der Waals surface area (Å²) in [5.74, 6) is 0. The van der Waals surface area contributed by atoms with Crippen molar-refractivity contribution in [2.45, 2.75) is 11.9 Å². The Labute approximate surface area is 116 Å². The fourth-order valence-corrected chi connectivity index (χ4v) is 2.79. The molecule has 1 aliphatic rings. The van der Waals surface area contributed by atoms with E-state index in [1.54, 1.807) is 11.8 Å². The van der Waals surface area contributed by atoms with Crippen LogP contribution in [0.4, 0.5) is 0 Å². The molecule has 2 heterocycles. The molecule has 0 aliphatic carbocycles. The lowest BCUT2D eigenvalue weighted by Crippen LogP contribution is -2.43. The number of benzene rings is 1. The Morgan fingerprint density at radius 1 is 1.11 bits per heavy atom. The van der Waals surface area contributed by atoms with E-state index in [0.717, 1.165) is 11.3 Å². The summed E-state index contributed by atoms with van der Waals surface area (Å²) in [7, 11) is 0. The summed E-state index contributed by atoms with van der Waals surface area (Å²) in [6.45, 7) is 1.97. The van der Waals surface area contributed by atoms with Crippen molar-refractivity contribution in [3.8, 4) is 11.1 Å². The first-order valence-corrected chi connectivity index (χ1v) is 6.98. The number of pyridine rings is 1. The van der Waals surface area contributed by atoms with Crippen LogP contribution in [0.2, 0.25) is 0 Å². The van der Waals surface area contributed by atoms with Gasteiger partial charge in [0.2, 0.25) is 0 Å².